The first kappa shape index (κ1) is 17.7. The van der Waals surface area contributed by atoms with Gasteiger partial charge in [0, 0.05) is 19.8 Å². The van der Waals surface area contributed by atoms with Gasteiger partial charge in [-0.15, -0.1) is 0 Å². The van der Waals surface area contributed by atoms with Crippen LogP contribution in [0.25, 0.3) is 0 Å². The third kappa shape index (κ3) is 4.01. The van der Waals surface area contributed by atoms with E-state index in [1.54, 1.807) is 0 Å². The third-order valence-electron chi connectivity index (χ3n) is 3.12. The van der Waals surface area contributed by atoms with Gasteiger partial charge in [-0.3, -0.25) is 0 Å². The van der Waals surface area contributed by atoms with Crippen molar-refractivity contribution in [3.05, 3.63) is 58.9 Å². The molecular formula is C14H12ClF3N2O2S. The predicted octanol–water partition coefficient (Wildman–Crippen LogP) is 3.57. The second-order valence-corrected chi connectivity index (χ2v) is 7.16. The van der Waals surface area contributed by atoms with Crippen molar-refractivity contribution in [1.29, 1.82) is 0 Å². The van der Waals surface area contributed by atoms with Crippen LogP contribution < -0.4 is 0 Å². The Kier molecular flexibility index (Phi) is 4.98. The number of hydrogen-bond donors (Lipinski definition) is 0. The number of nitrogens with zero attached hydrogens (tertiary/aromatic N) is 2. The summed E-state index contributed by atoms with van der Waals surface area (Å²) in [6, 6.07) is 7.39. The molecule has 1 heterocycles. The maximum atomic E-state index is 13.0. The molecule has 124 valence electrons. The molecule has 2 rings (SSSR count). The molecule has 0 saturated carbocycles. The SMILES string of the molecule is CN(Cc1ccccc1C(F)(F)F)S(=O)(=O)c1ccc(Cl)nc1. The lowest BCUT2D eigenvalue weighted by atomic mass is 10.1. The Balaban J connectivity index is 2.32. The van der Waals surface area contributed by atoms with E-state index in [4.69, 9.17) is 11.6 Å². The van der Waals surface area contributed by atoms with Gasteiger partial charge in [0.1, 0.15) is 10.0 Å². The summed E-state index contributed by atoms with van der Waals surface area (Å²) in [5, 5.41) is 0.119. The van der Waals surface area contributed by atoms with Crippen LogP contribution >= 0.6 is 11.6 Å². The van der Waals surface area contributed by atoms with Crippen molar-refractivity contribution in [2.45, 2.75) is 17.6 Å². The van der Waals surface area contributed by atoms with Crippen molar-refractivity contribution < 1.29 is 21.6 Å². The van der Waals surface area contributed by atoms with E-state index >= 15 is 0 Å². The Labute approximate surface area is 136 Å². The first-order valence-electron chi connectivity index (χ1n) is 6.35. The predicted molar refractivity (Wildman–Crippen MR) is 79.3 cm³/mol. The first-order chi connectivity index (χ1) is 10.6. The number of aromatic nitrogens is 1. The molecule has 0 aliphatic rings. The minimum Gasteiger partial charge on any atom is -0.243 e. The Hall–Kier alpha value is -1.64. The van der Waals surface area contributed by atoms with Crippen LogP contribution in [0.3, 0.4) is 0 Å². The van der Waals surface area contributed by atoms with Crippen molar-refractivity contribution in [1.82, 2.24) is 9.29 Å². The largest absolute Gasteiger partial charge is 0.416 e. The van der Waals surface area contributed by atoms with Crippen LogP contribution in [0.5, 0.6) is 0 Å². The zero-order chi connectivity index (χ0) is 17.3. The molecule has 9 heteroatoms. The number of alkyl halides is 3. The fourth-order valence-corrected chi connectivity index (χ4v) is 3.16. The van der Waals surface area contributed by atoms with Crippen LogP contribution in [-0.4, -0.2) is 24.8 Å². The van der Waals surface area contributed by atoms with Crippen molar-refractivity contribution in [3.63, 3.8) is 0 Å². The van der Waals surface area contributed by atoms with E-state index in [0.29, 0.717) is 0 Å². The Bertz CT molecular complexity index is 792. The smallest absolute Gasteiger partial charge is 0.243 e. The van der Waals surface area contributed by atoms with Crippen molar-refractivity contribution in [2.75, 3.05) is 7.05 Å². The van der Waals surface area contributed by atoms with Crippen molar-refractivity contribution in [3.8, 4) is 0 Å². The molecule has 1 aromatic carbocycles. The average Bonchev–Trinajstić information content (AvgIpc) is 2.47. The number of sulfonamides is 1. The topological polar surface area (TPSA) is 50.3 Å². The second-order valence-electron chi connectivity index (χ2n) is 4.73. The summed E-state index contributed by atoms with van der Waals surface area (Å²) < 4.78 is 64.5. The second kappa shape index (κ2) is 6.46. The fraction of sp³-hybridized carbons (Fsp3) is 0.214. The number of halogens is 4. The highest BCUT2D eigenvalue weighted by Crippen LogP contribution is 2.32. The van der Waals surface area contributed by atoms with Gasteiger partial charge in [0.25, 0.3) is 0 Å². The molecule has 0 fully saturated rings. The normalized spacial score (nSPS) is 12.6. The maximum Gasteiger partial charge on any atom is 0.416 e. The molecule has 23 heavy (non-hydrogen) atoms. The van der Waals surface area contributed by atoms with E-state index in [0.717, 1.165) is 16.6 Å². The molecule has 0 N–H and O–H groups in total. The highest BCUT2D eigenvalue weighted by molar-refractivity contribution is 7.89. The van der Waals surface area contributed by atoms with Crippen molar-refractivity contribution in [2.24, 2.45) is 0 Å². The zero-order valence-electron chi connectivity index (χ0n) is 11.9. The Morgan fingerprint density at radius 3 is 2.39 bits per heavy atom. The van der Waals surface area contributed by atoms with Gasteiger partial charge < -0.3 is 0 Å². The summed E-state index contributed by atoms with van der Waals surface area (Å²) in [4.78, 5) is 3.53. The Morgan fingerprint density at radius 2 is 1.83 bits per heavy atom. The highest BCUT2D eigenvalue weighted by Gasteiger charge is 2.34. The average molecular weight is 365 g/mol. The molecule has 0 aliphatic heterocycles. The first-order valence-corrected chi connectivity index (χ1v) is 8.17. The minimum absolute atomic E-state index is 0.119. The number of hydrogen-bond acceptors (Lipinski definition) is 3. The fourth-order valence-electron chi connectivity index (χ4n) is 1.95. The van der Waals surface area contributed by atoms with Crippen LogP contribution in [0.4, 0.5) is 13.2 Å². The molecule has 2 aromatic rings. The van der Waals surface area contributed by atoms with Gasteiger partial charge in [0.15, 0.2) is 0 Å². The summed E-state index contributed by atoms with van der Waals surface area (Å²) in [5.41, 5.74) is -0.996. The number of pyridine rings is 1. The molecule has 0 saturated heterocycles. The van der Waals surface area contributed by atoms with Gasteiger partial charge in [0.2, 0.25) is 10.0 Å². The van der Waals surface area contributed by atoms with Crippen LogP contribution in [0, 0.1) is 0 Å². The van der Waals surface area contributed by atoms with E-state index < -0.39 is 28.3 Å². The molecule has 0 amide bonds. The molecule has 0 radical (unpaired) electrons. The summed E-state index contributed by atoms with van der Waals surface area (Å²) in [7, 11) is -2.77. The third-order valence-corrected chi connectivity index (χ3v) is 5.13. The monoisotopic (exact) mass is 364 g/mol. The van der Waals surface area contributed by atoms with Gasteiger partial charge in [-0.25, -0.2) is 13.4 Å². The van der Waals surface area contributed by atoms with Gasteiger partial charge in [0.05, 0.1) is 5.56 Å². The lowest BCUT2D eigenvalue weighted by molar-refractivity contribution is -0.138. The molecule has 0 unspecified atom stereocenters. The molecule has 0 aliphatic carbocycles. The van der Waals surface area contributed by atoms with Gasteiger partial charge >= 0.3 is 6.18 Å². The summed E-state index contributed by atoms with van der Waals surface area (Å²) in [6.45, 7) is -0.416. The van der Waals surface area contributed by atoms with Gasteiger partial charge in [-0.2, -0.15) is 17.5 Å². The summed E-state index contributed by atoms with van der Waals surface area (Å²) >= 11 is 5.60. The molecule has 0 atom stereocenters. The Morgan fingerprint density at radius 1 is 1.17 bits per heavy atom. The van der Waals surface area contributed by atoms with E-state index in [2.05, 4.69) is 4.98 Å². The van der Waals surface area contributed by atoms with Crippen LogP contribution in [0.15, 0.2) is 47.5 Å². The molecule has 0 spiro atoms. The van der Waals surface area contributed by atoms with E-state index in [1.165, 1.54) is 37.4 Å². The minimum atomic E-state index is -4.55. The molecule has 4 nitrogen and oxygen atoms in total. The molecular weight excluding hydrogens is 353 g/mol. The van der Waals surface area contributed by atoms with Gasteiger partial charge in [-0.05, 0) is 23.8 Å². The van der Waals surface area contributed by atoms with E-state index in [9.17, 15) is 21.6 Å². The highest BCUT2D eigenvalue weighted by atomic mass is 35.5. The standard InChI is InChI=1S/C14H12ClF3N2O2S/c1-20(23(21,22)11-6-7-13(15)19-8-11)9-10-4-2-3-5-12(10)14(16,17)18/h2-8H,9H2,1H3. The van der Waals surface area contributed by atoms with Crippen LogP contribution in [0.1, 0.15) is 11.1 Å². The molecule has 1 aromatic heterocycles. The maximum absolute atomic E-state index is 13.0. The van der Waals surface area contributed by atoms with Crippen LogP contribution in [0.2, 0.25) is 5.15 Å². The lowest BCUT2D eigenvalue weighted by Gasteiger charge is -2.20. The summed E-state index contributed by atoms with van der Waals surface area (Å²) in [5.74, 6) is 0. The van der Waals surface area contributed by atoms with Gasteiger partial charge in [-0.1, -0.05) is 29.8 Å². The molecule has 0 bridgehead atoms. The lowest BCUT2D eigenvalue weighted by Crippen LogP contribution is -2.27. The van der Waals surface area contributed by atoms with E-state index in [1.807, 2.05) is 0 Å². The number of benzene rings is 1. The van der Waals surface area contributed by atoms with Crippen LogP contribution in [-0.2, 0) is 22.7 Å². The summed E-state index contributed by atoms with van der Waals surface area (Å²) in [6.07, 6.45) is -3.49. The van der Waals surface area contributed by atoms with Crippen molar-refractivity contribution >= 4 is 21.6 Å². The van der Waals surface area contributed by atoms with E-state index in [-0.39, 0.29) is 15.6 Å². The number of rotatable bonds is 4. The quantitative estimate of drug-likeness (QED) is 0.779. The zero-order valence-corrected chi connectivity index (χ0v) is 13.5.